The third-order valence-electron chi connectivity index (χ3n) is 4.58. The molecular formula is C16H23ClN4O2. The molecule has 1 aliphatic heterocycles. The number of hydrogen-bond donors (Lipinski definition) is 1. The molecule has 1 aliphatic rings. The second-order valence-corrected chi connectivity index (χ2v) is 5.88. The summed E-state index contributed by atoms with van der Waals surface area (Å²) in [4.78, 5) is 26.5. The average molecular weight is 339 g/mol. The van der Waals surface area contributed by atoms with Gasteiger partial charge in [0.2, 0.25) is 5.91 Å². The summed E-state index contributed by atoms with van der Waals surface area (Å²) in [6, 6.07) is 7.95. The van der Waals surface area contributed by atoms with Crippen LogP contribution in [-0.4, -0.2) is 46.1 Å². The van der Waals surface area contributed by atoms with Gasteiger partial charge in [0.05, 0.1) is 11.0 Å². The van der Waals surface area contributed by atoms with Crippen molar-refractivity contribution in [3.05, 3.63) is 34.7 Å². The zero-order valence-corrected chi connectivity index (χ0v) is 14.3. The van der Waals surface area contributed by atoms with E-state index >= 15 is 0 Å². The number of imidazole rings is 1. The monoisotopic (exact) mass is 338 g/mol. The first-order valence-corrected chi connectivity index (χ1v) is 7.70. The normalized spacial score (nSPS) is 17.2. The first kappa shape index (κ1) is 17.6. The van der Waals surface area contributed by atoms with Gasteiger partial charge in [-0.15, -0.1) is 12.4 Å². The van der Waals surface area contributed by atoms with Crippen LogP contribution in [-0.2, 0) is 18.4 Å². The van der Waals surface area contributed by atoms with Crippen molar-refractivity contribution >= 4 is 29.3 Å². The second kappa shape index (κ2) is 7.19. The van der Waals surface area contributed by atoms with Gasteiger partial charge in [-0.05, 0) is 25.1 Å². The zero-order valence-electron chi connectivity index (χ0n) is 13.5. The van der Waals surface area contributed by atoms with Crippen molar-refractivity contribution < 1.29 is 4.79 Å². The molecule has 3 rings (SSSR count). The molecule has 1 aromatic heterocycles. The predicted octanol–water partition coefficient (Wildman–Crippen LogP) is 0.972. The zero-order chi connectivity index (χ0) is 15.7. The molecule has 0 bridgehead atoms. The Kier molecular flexibility index (Phi) is 5.49. The minimum atomic E-state index is -0.0702. The SMILES string of the molecule is CN(C(=O)CCn1c(=O)n(C)c2ccccc21)C1CCNC1.Cl. The molecule has 2 aromatic rings. The molecule has 1 fully saturated rings. The van der Waals surface area contributed by atoms with Crippen molar-refractivity contribution in [2.75, 3.05) is 20.1 Å². The summed E-state index contributed by atoms with van der Waals surface area (Å²) >= 11 is 0. The summed E-state index contributed by atoms with van der Waals surface area (Å²) in [7, 11) is 3.62. The van der Waals surface area contributed by atoms with Crippen molar-refractivity contribution in [2.45, 2.75) is 25.4 Å². The van der Waals surface area contributed by atoms with E-state index in [1.807, 2.05) is 36.2 Å². The van der Waals surface area contributed by atoms with Gasteiger partial charge in [0.25, 0.3) is 0 Å². The molecule has 23 heavy (non-hydrogen) atoms. The third kappa shape index (κ3) is 3.28. The van der Waals surface area contributed by atoms with Crippen LogP contribution in [0.4, 0.5) is 0 Å². The number of hydrogen-bond acceptors (Lipinski definition) is 3. The number of benzene rings is 1. The van der Waals surface area contributed by atoms with Crippen LogP contribution >= 0.6 is 12.4 Å². The van der Waals surface area contributed by atoms with Gasteiger partial charge in [-0.3, -0.25) is 13.9 Å². The number of amides is 1. The molecule has 126 valence electrons. The molecule has 1 N–H and O–H groups in total. The number of carbonyl (C=O) groups excluding carboxylic acids is 1. The van der Waals surface area contributed by atoms with E-state index in [-0.39, 0.29) is 30.0 Å². The summed E-state index contributed by atoms with van der Waals surface area (Å²) in [6.07, 6.45) is 1.34. The van der Waals surface area contributed by atoms with Crippen molar-refractivity contribution in [3.63, 3.8) is 0 Å². The lowest BCUT2D eigenvalue weighted by Gasteiger charge is -2.23. The number of aromatic nitrogens is 2. The van der Waals surface area contributed by atoms with Crippen LogP contribution in [0.1, 0.15) is 12.8 Å². The minimum Gasteiger partial charge on any atom is -0.341 e. The largest absolute Gasteiger partial charge is 0.341 e. The summed E-state index contributed by atoms with van der Waals surface area (Å²) < 4.78 is 3.32. The Balaban J connectivity index is 0.00000192. The Labute approximate surface area is 141 Å². The van der Waals surface area contributed by atoms with Crippen LogP contribution in [0.5, 0.6) is 0 Å². The smallest absolute Gasteiger partial charge is 0.328 e. The molecule has 0 radical (unpaired) electrons. The lowest BCUT2D eigenvalue weighted by molar-refractivity contribution is -0.131. The number of nitrogens with one attached hydrogen (secondary N) is 1. The van der Waals surface area contributed by atoms with Gasteiger partial charge in [-0.2, -0.15) is 0 Å². The van der Waals surface area contributed by atoms with E-state index in [0.717, 1.165) is 30.5 Å². The highest BCUT2D eigenvalue weighted by Crippen LogP contribution is 2.13. The number of fused-ring (bicyclic) bond motifs is 1. The summed E-state index contributed by atoms with van der Waals surface area (Å²) in [6.45, 7) is 2.24. The molecule has 0 saturated carbocycles. The Hall–Kier alpha value is -1.79. The Bertz CT molecular complexity index is 746. The first-order chi connectivity index (χ1) is 10.6. The molecule has 6 nitrogen and oxygen atoms in total. The number of rotatable bonds is 4. The molecule has 1 amide bonds. The van der Waals surface area contributed by atoms with Gasteiger partial charge in [0, 0.05) is 39.6 Å². The number of carbonyl (C=O) groups is 1. The fourth-order valence-electron chi connectivity index (χ4n) is 3.14. The van der Waals surface area contributed by atoms with Crippen LogP contribution < -0.4 is 11.0 Å². The Morgan fingerprint density at radius 3 is 2.70 bits per heavy atom. The highest BCUT2D eigenvalue weighted by Gasteiger charge is 2.23. The topological polar surface area (TPSA) is 59.3 Å². The summed E-state index contributed by atoms with van der Waals surface area (Å²) in [5.74, 6) is 0.0912. The van der Waals surface area contributed by atoms with Crippen molar-refractivity contribution in [2.24, 2.45) is 7.05 Å². The molecule has 7 heteroatoms. The van der Waals surface area contributed by atoms with E-state index in [4.69, 9.17) is 0 Å². The Morgan fingerprint density at radius 1 is 1.35 bits per heavy atom. The number of nitrogens with zero attached hydrogens (tertiary/aromatic N) is 3. The minimum absolute atomic E-state index is 0. The molecule has 1 unspecified atom stereocenters. The number of para-hydroxylation sites is 2. The van der Waals surface area contributed by atoms with Gasteiger partial charge in [0.15, 0.2) is 0 Å². The lowest BCUT2D eigenvalue weighted by atomic mass is 10.2. The van der Waals surface area contributed by atoms with Crippen LogP contribution in [0.2, 0.25) is 0 Å². The maximum Gasteiger partial charge on any atom is 0.328 e. The highest BCUT2D eigenvalue weighted by molar-refractivity contribution is 5.85. The van der Waals surface area contributed by atoms with Crippen molar-refractivity contribution in [1.29, 1.82) is 0 Å². The number of likely N-dealkylation sites (N-methyl/N-ethyl adjacent to an activating group) is 1. The molecule has 1 atom stereocenters. The van der Waals surface area contributed by atoms with Gasteiger partial charge in [-0.25, -0.2) is 4.79 Å². The van der Waals surface area contributed by atoms with Gasteiger partial charge < -0.3 is 10.2 Å². The first-order valence-electron chi connectivity index (χ1n) is 7.70. The average Bonchev–Trinajstić information content (AvgIpc) is 3.14. The van der Waals surface area contributed by atoms with Crippen LogP contribution in [0.3, 0.4) is 0 Å². The maximum atomic E-state index is 12.3. The third-order valence-corrected chi connectivity index (χ3v) is 4.58. The van der Waals surface area contributed by atoms with E-state index < -0.39 is 0 Å². The quantitative estimate of drug-likeness (QED) is 0.903. The molecule has 0 aliphatic carbocycles. The summed E-state index contributed by atoms with van der Waals surface area (Å²) in [5.41, 5.74) is 1.71. The Morgan fingerprint density at radius 2 is 2.04 bits per heavy atom. The summed E-state index contributed by atoms with van der Waals surface area (Å²) in [5, 5.41) is 3.27. The number of halogens is 1. The van der Waals surface area contributed by atoms with Gasteiger partial charge in [-0.1, -0.05) is 12.1 Å². The fraction of sp³-hybridized carbons (Fsp3) is 0.500. The van der Waals surface area contributed by atoms with E-state index in [1.165, 1.54) is 0 Å². The van der Waals surface area contributed by atoms with E-state index in [0.29, 0.717) is 13.0 Å². The molecule has 1 aromatic carbocycles. The van der Waals surface area contributed by atoms with Crippen molar-refractivity contribution in [3.8, 4) is 0 Å². The lowest BCUT2D eigenvalue weighted by Crippen LogP contribution is -2.39. The second-order valence-electron chi connectivity index (χ2n) is 5.88. The van der Waals surface area contributed by atoms with Crippen LogP contribution in [0.15, 0.2) is 29.1 Å². The molecular weight excluding hydrogens is 316 g/mol. The van der Waals surface area contributed by atoms with Crippen molar-refractivity contribution in [1.82, 2.24) is 19.4 Å². The molecule has 1 saturated heterocycles. The van der Waals surface area contributed by atoms with E-state index in [1.54, 1.807) is 16.2 Å². The fourth-order valence-corrected chi connectivity index (χ4v) is 3.14. The van der Waals surface area contributed by atoms with Crippen LogP contribution in [0, 0.1) is 0 Å². The highest BCUT2D eigenvalue weighted by atomic mass is 35.5. The van der Waals surface area contributed by atoms with Crippen LogP contribution in [0.25, 0.3) is 11.0 Å². The predicted molar refractivity (Wildman–Crippen MR) is 93.1 cm³/mol. The van der Waals surface area contributed by atoms with Gasteiger partial charge >= 0.3 is 5.69 Å². The molecule has 0 spiro atoms. The van der Waals surface area contributed by atoms with E-state index in [2.05, 4.69) is 5.32 Å². The standard InChI is InChI=1S/C16H22N4O2.ClH/c1-18(12-7-9-17-11-12)15(21)8-10-20-14-6-4-3-5-13(14)19(2)16(20)22;/h3-6,12,17H,7-11H2,1-2H3;1H. The maximum absolute atomic E-state index is 12.3. The van der Waals surface area contributed by atoms with E-state index in [9.17, 15) is 9.59 Å². The van der Waals surface area contributed by atoms with Gasteiger partial charge in [0.1, 0.15) is 0 Å². The number of aryl methyl sites for hydroxylation is 2. The molecule has 2 heterocycles.